The van der Waals surface area contributed by atoms with Crippen molar-refractivity contribution in [1.82, 2.24) is 14.8 Å². The fourth-order valence-electron chi connectivity index (χ4n) is 4.86. The molecule has 3 fully saturated rings. The van der Waals surface area contributed by atoms with Crippen molar-refractivity contribution < 1.29 is 14.6 Å². The highest BCUT2D eigenvalue weighted by Crippen LogP contribution is 2.39. The predicted molar refractivity (Wildman–Crippen MR) is 93.5 cm³/mol. The van der Waals surface area contributed by atoms with E-state index < -0.39 is 0 Å². The van der Waals surface area contributed by atoms with Crippen LogP contribution in [0.3, 0.4) is 0 Å². The average Bonchev–Trinajstić information content (AvgIpc) is 3.29. The number of nitrogens with zero attached hydrogens (tertiary/aromatic N) is 3. The van der Waals surface area contributed by atoms with Crippen LogP contribution < -0.4 is 4.74 Å². The van der Waals surface area contributed by atoms with Gasteiger partial charge in [-0.25, -0.2) is 0 Å². The summed E-state index contributed by atoms with van der Waals surface area (Å²) >= 11 is 0. The summed E-state index contributed by atoms with van der Waals surface area (Å²) in [7, 11) is 1.59. The number of aliphatic hydroxyl groups excluding tert-OH is 1. The van der Waals surface area contributed by atoms with E-state index >= 15 is 0 Å². The van der Waals surface area contributed by atoms with Crippen LogP contribution in [-0.2, 0) is 0 Å². The lowest BCUT2D eigenvalue weighted by Crippen LogP contribution is -2.48. The Morgan fingerprint density at radius 2 is 1.96 bits per heavy atom. The van der Waals surface area contributed by atoms with Crippen LogP contribution in [0.5, 0.6) is 5.75 Å². The van der Waals surface area contributed by atoms with Gasteiger partial charge in [0.1, 0.15) is 11.4 Å². The summed E-state index contributed by atoms with van der Waals surface area (Å²) in [6, 6.07) is 3.72. The Morgan fingerprint density at radius 1 is 1.24 bits per heavy atom. The number of amides is 1. The van der Waals surface area contributed by atoms with Crippen molar-refractivity contribution >= 4 is 5.91 Å². The first kappa shape index (κ1) is 16.8. The normalized spacial score (nSPS) is 32.6. The maximum Gasteiger partial charge on any atom is 0.272 e. The first-order chi connectivity index (χ1) is 12.2. The van der Waals surface area contributed by atoms with Crippen molar-refractivity contribution in [3.63, 3.8) is 0 Å². The number of rotatable bonds is 3. The van der Waals surface area contributed by atoms with Crippen molar-refractivity contribution in [2.75, 3.05) is 33.3 Å². The average molecular weight is 345 g/mol. The van der Waals surface area contributed by atoms with Crippen LogP contribution in [0.1, 0.15) is 36.2 Å². The quantitative estimate of drug-likeness (QED) is 0.897. The first-order valence-corrected chi connectivity index (χ1v) is 9.37. The minimum absolute atomic E-state index is 0.0273. The zero-order valence-electron chi connectivity index (χ0n) is 14.8. The molecule has 0 unspecified atom stereocenters. The molecule has 1 aliphatic carbocycles. The molecule has 4 atom stereocenters. The third kappa shape index (κ3) is 3.25. The number of hydrogen-bond donors (Lipinski definition) is 1. The molecule has 0 radical (unpaired) electrons. The predicted octanol–water partition coefficient (Wildman–Crippen LogP) is 1.40. The molecule has 0 bridgehead atoms. The summed E-state index contributed by atoms with van der Waals surface area (Å²) in [6.07, 6.45) is 5.64. The second-order valence-electron chi connectivity index (χ2n) is 7.66. The number of aliphatic hydroxyl groups is 1. The van der Waals surface area contributed by atoms with Crippen molar-refractivity contribution in [3.8, 4) is 5.75 Å². The van der Waals surface area contributed by atoms with Crippen LogP contribution in [0.25, 0.3) is 0 Å². The molecule has 0 aromatic carbocycles. The molecule has 1 aromatic rings. The Bertz CT molecular complexity index is 632. The van der Waals surface area contributed by atoms with Gasteiger partial charge in [-0.05, 0) is 56.7 Å². The fraction of sp³-hybridized carbons (Fsp3) is 0.684. The van der Waals surface area contributed by atoms with Crippen molar-refractivity contribution in [1.29, 1.82) is 0 Å². The molecule has 6 nitrogen and oxygen atoms in total. The monoisotopic (exact) mass is 345 g/mol. The number of ether oxygens (including phenoxy) is 1. The molecule has 2 aliphatic heterocycles. The lowest BCUT2D eigenvalue weighted by molar-refractivity contribution is -0.000864. The maximum atomic E-state index is 12.8. The molecule has 1 aromatic heterocycles. The Hall–Kier alpha value is -1.66. The Balaban J connectivity index is 1.44. The van der Waals surface area contributed by atoms with Gasteiger partial charge in [-0.3, -0.25) is 14.7 Å². The number of fused-ring (bicyclic) bond motifs is 1. The highest BCUT2D eigenvalue weighted by Gasteiger charge is 2.45. The van der Waals surface area contributed by atoms with Gasteiger partial charge in [0.2, 0.25) is 0 Å². The number of pyridine rings is 1. The highest BCUT2D eigenvalue weighted by atomic mass is 16.5. The molecule has 3 aliphatic rings. The van der Waals surface area contributed by atoms with Gasteiger partial charge in [0.05, 0.1) is 13.2 Å². The van der Waals surface area contributed by atoms with Crippen LogP contribution in [0.4, 0.5) is 0 Å². The molecule has 3 heterocycles. The molecule has 0 spiro atoms. The Morgan fingerprint density at radius 3 is 2.68 bits per heavy atom. The van der Waals surface area contributed by atoms with Crippen LogP contribution in [0.2, 0.25) is 0 Å². The number of carbonyl (C=O) groups is 1. The van der Waals surface area contributed by atoms with Crippen LogP contribution in [-0.4, -0.2) is 71.2 Å². The summed E-state index contributed by atoms with van der Waals surface area (Å²) in [5.74, 6) is 1.52. The van der Waals surface area contributed by atoms with Gasteiger partial charge in [0.25, 0.3) is 5.91 Å². The van der Waals surface area contributed by atoms with Crippen molar-refractivity contribution in [3.05, 3.63) is 24.0 Å². The van der Waals surface area contributed by atoms with Crippen molar-refractivity contribution in [2.45, 2.75) is 37.8 Å². The third-order valence-electron chi connectivity index (χ3n) is 6.19. The number of aromatic nitrogens is 1. The molecule has 136 valence electrons. The fourth-order valence-corrected chi connectivity index (χ4v) is 4.86. The number of methoxy groups -OCH3 is 1. The maximum absolute atomic E-state index is 12.8. The molecule has 2 saturated heterocycles. The first-order valence-electron chi connectivity index (χ1n) is 9.37. The zero-order valence-corrected chi connectivity index (χ0v) is 14.8. The summed E-state index contributed by atoms with van der Waals surface area (Å²) in [5.41, 5.74) is 0.439. The van der Waals surface area contributed by atoms with Gasteiger partial charge in [-0.1, -0.05) is 0 Å². The molecular formula is C19H27N3O3. The summed E-state index contributed by atoms with van der Waals surface area (Å²) in [6.45, 7) is 3.72. The van der Waals surface area contributed by atoms with Gasteiger partial charge >= 0.3 is 0 Å². The van der Waals surface area contributed by atoms with E-state index in [-0.39, 0.29) is 18.1 Å². The van der Waals surface area contributed by atoms with Gasteiger partial charge in [-0.15, -0.1) is 0 Å². The number of likely N-dealkylation sites (tertiary alicyclic amines) is 2. The minimum Gasteiger partial charge on any atom is -0.497 e. The van der Waals surface area contributed by atoms with Crippen LogP contribution in [0.15, 0.2) is 18.3 Å². The molecule has 1 N–H and O–H groups in total. The minimum atomic E-state index is -0.260. The highest BCUT2D eigenvalue weighted by molar-refractivity contribution is 5.92. The second-order valence-corrected chi connectivity index (χ2v) is 7.66. The number of carbonyl (C=O) groups excluding carboxylic acids is 1. The molecule has 6 heteroatoms. The zero-order chi connectivity index (χ0) is 17.4. The number of hydrogen-bond acceptors (Lipinski definition) is 5. The topological polar surface area (TPSA) is 65.9 Å². The van der Waals surface area contributed by atoms with Crippen LogP contribution >= 0.6 is 0 Å². The second kappa shape index (κ2) is 6.92. The van der Waals surface area contributed by atoms with Gasteiger partial charge in [0, 0.05) is 31.4 Å². The van der Waals surface area contributed by atoms with E-state index in [0.717, 1.165) is 39.0 Å². The van der Waals surface area contributed by atoms with E-state index in [1.54, 1.807) is 25.4 Å². The standard InChI is InChI=1S/C19H27N3O3/c1-25-15-4-5-20-16(10-15)19(24)22-11-13-8-17(21-6-2-3-7-21)18(23)9-14(13)12-22/h4-5,10,13-14,17-18,23H,2-3,6-9,11-12H2,1H3/t13-,14+,17-,18-/m1/s1. The van der Waals surface area contributed by atoms with E-state index in [9.17, 15) is 9.90 Å². The molecule has 4 rings (SSSR count). The van der Waals surface area contributed by atoms with Gasteiger partial charge in [0.15, 0.2) is 0 Å². The van der Waals surface area contributed by atoms with E-state index in [1.807, 2.05) is 4.90 Å². The summed E-state index contributed by atoms with van der Waals surface area (Å²) in [4.78, 5) is 21.4. The largest absolute Gasteiger partial charge is 0.497 e. The van der Waals surface area contributed by atoms with Gasteiger partial charge < -0.3 is 14.7 Å². The Labute approximate surface area is 148 Å². The lowest BCUT2D eigenvalue weighted by Gasteiger charge is -2.40. The smallest absolute Gasteiger partial charge is 0.272 e. The lowest BCUT2D eigenvalue weighted by atomic mass is 9.77. The third-order valence-corrected chi connectivity index (χ3v) is 6.19. The van der Waals surface area contributed by atoms with E-state index in [0.29, 0.717) is 23.3 Å². The van der Waals surface area contributed by atoms with E-state index in [4.69, 9.17) is 4.74 Å². The molecule has 1 amide bonds. The molecular weight excluding hydrogens is 318 g/mol. The van der Waals surface area contributed by atoms with Gasteiger partial charge in [-0.2, -0.15) is 0 Å². The summed E-state index contributed by atoms with van der Waals surface area (Å²) < 4.78 is 5.20. The Kier molecular flexibility index (Phi) is 4.65. The van der Waals surface area contributed by atoms with E-state index in [1.165, 1.54) is 12.8 Å². The summed E-state index contributed by atoms with van der Waals surface area (Å²) in [5, 5.41) is 10.6. The van der Waals surface area contributed by atoms with E-state index in [2.05, 4.69) is 9.88 Å². The van der Waals surface area contributed by atoms with Crippen LogP contribution in [0, 0.1) is 11.8 Å². The molecule has 25 heavy (non-hydrogen) atoms. The molecule has 1 saturated carbocycles. The SMILES string of the molecule is COc1ccnc(C(=O)N2C[C@H]3C[C@@H](N4CCCC4)[C@H](O)C[C@H]3C2)c1. The van der Waals surface area contributed by atoms with Crippen molar-refractivity contribution in [2.24, 2.45) is 11.8 Å².